The van der Waals surface area contributed by atoms with Crippen molar-refractivity contribution in [1.82, 2.24) is 5.32 Å². The predicted octanol–water partition coefficient (Wildman–Crippen LogP) is 3.15. The molecule has 2 amide bonds. The van der Waals surface area contributed by atoms with E-state index in [2.05, 4.69) is 10.6 Å². The van der Waals surface area contributed by atoms with Crippen LogP contribution in [0.15, 0.2) is 28.7 Å². The number of nitro groups is 1. The molecule has 1 aromatic heterocycles. The number of aryl methyl sites for hydroxylation is 3. The minimum atomic E-state index is -1.05. The van der Waals surface area contributed by atoms with Gasteiger partial charge in [0.2, 0.25) is 0 Å². The van der Waals surface area contributed by atoms with E-state index in [1.807, 2.05) is 39.2 Å². The van der Waals surface area contributed by atoms with Crippen LogP contribution in [-0.2, 0) is 14.3 Å². The number of thioether (sulfide) groups is 1. The summed E-state index contributed by atoms with van der Waals surface area (Å²) in [5, 5.41) is 15.9. The summed E-state index contributed by atoms with van der Waals surface area (Å²) < 4.78 is 9.96. The molecule has 2 N–H and O–H groups in total. The molecule has 11 heteroatoms. The second-order valence-corrected chi connectivity index (χ2v) is 8.12. The molecule has 2 aromatic rings. The normalized spacial score (nSPS) is 11.5. The highest BCUT2D eigenvalue weighted by atomic mass is 32.2. The van der Waals surface area contributed by atoms with Crippen LogP contribution in [0.2, 0.25) is 0 Å². The molecule has 0 bridgehead atoms. The molecule has 1 heterocycles. The lowest BCUT2D eigenvalue weighted by Crippen LogP contribution is -2.43. The average molecular weight is 464 g/mol. The standard InChI is InChI=1S/C21H25N3O7S/c1-12-9-13(2)19(14(3)10-12)23-17(25)11-30-21(27)15(7-8-32-4)22-20(26)16-5-6-18(31-16)24(28)29/h5-6,9-10,15H,7-8,11H2,1-4H3,(H,22,26)(H,23,25)/t15-/m1/s1. The van der Waals surface area contributed by atoms with Gasteiger partial charge in [0.25, 0.3) is 11.8 Å². The van der Waals surface area contributed by atoms with Gasteiger partial charge in [-0.15, -0.1) is 0 Å². The van der Waals surface area contributed by atoms with Crippen molar-refractivity contribution in [2.24, 2.45) is 0 Å². The van der Waals surface area contributed by atoms with E-state index in [-0.39, 0.29) is 12.2 Å². The fourth-order valence-corrected chi connectivity index (χ4v) is 3.52. The van der Waals surface area contributed by atoms with Crippen LogP contribution in [0.1, 0.15) is 33.7 Å². The molecule has 2 rings (SSSR count). The lowest BCUT2D eigenvalue weighted by Gasteiger charge is -2.17. The topological polar surface area (TPSA) is 141 Å². The number of carbonyl (C=O) groups is 3. The highest BCUT2D eigenvalue weighted by molar-refractivity contribution is 7.98. The second kappa shape index (κ2) is 11.3. The average Bonchev–Trinajstić information content (AvgIpc) is 3.22. The summed E-state index contributed by atoms with van der Waals surface area (Å²) in [6.45, 7) is 5.17. The molecule has 0 unspecified atom stereocenters. The Bertz CT molecular complexity index is 996. The molecule has 1 atom stereocenters. The molecule has 0 spiro atoms. The highest BCUT2D eigenvalue weighted by Gasteiger charge is 2.26. The maximum absolute atomic E-state index is 12.5. The zero-order chi connectivity index (χ0) is 23.8. The summed E-state index contributed by atoms with van der Waals surface area (Å²) in [5.74, 6) is -2.45. The SMILES string of the molecule is CSCC[C@@H](NC(=O)c1ccc([N+](=O)[O-])o1)C(=O)OCC(=O)Nc1c(C)cc(C)cc1C. The van der Waals surface area contributed by atoms with Crippen LogP contribution in [0.4, 0.5) is 11.6 Å². The minimum Gasteiger partial charge on any atom is -0.454 e. The van der Waals surface area contributed by atoms with Gasteiger partial charge in [-0.3, -0.25) is 19.7 Å². The molecular formula is C21H25N3O7S. The number of furan rings is 1. The van der Waals surface area contributed by atoms with Gasteiger partial charge in [0.15, 0.2) is 12.4 Å². The number of ether oxygens (including phenoxy) is 1. The van der Waals surface area contributed by atoms with Crippen LogP contribution in [0.25, 0.3) is 0 Å². The Labute approximate surface area is 189 Å². The largest absolute Gasteiger partial charge is 0.454 e. The van der Waals surface area contributed by atoms with E-state index in [0.29, 0.717) is 11.4 Å². The first-order valence-corrected chi connectivity index (χ1v) is 11.1. The smallest absolute Gasteiger partial charge is 0.433 e. The lowest BCUT2D eigenvalue weighted by molar-refractivity contribution is -0.402. The van der Waals surface area contributed by atoms with Crippen molar-refractivity contribution in [3.63, 3.8) is 0 Å². The van der Waals surface area contributed by atoms with Gasteiger partial charge in [0, 0.05) is 5.69 Å². The summed E-state index contributed by atoms with van der Waals surface area (Å²) in [4.78, 5) is 47.1. The number of hydrogen-bond acceptors (Lipinski definition) is 8. The first kappa shape index (κ1) is 24.9. The first-order valence-electron chi connectivity index (χ1n) is 9.70. The Morgan fingerprint density at radius 2 is 1.84 bits per heavy atom. The van der Waals surface area contributed by atoms with E-state index in [1.54, 1.807) is 0 Å². The molecule has 0 aliphatic heterocycles. The highest BCUT2D eigenvalue weighted by Crippen LogP contribution is 2.22. The number of carbonyl (C=O) groups excluding carboxylic acids is 3. The Kier molecular flexibility index (Phi) is 8.82. The van der Waals surface area contributed by atoms with Crippen molar-refractivity contribution in [3.8, 4) is 0 Å². The van der Waals surface area contributed by atoms with Crippen molar-refractivity contribution >= 4 is 41.1 Å². The van der Waals surface area contributed by atoms with E-state index in [4.69, 9.17) is 9.15 Å². The molecule has 0 aliphatic rings. The quantitative estimate of drug-likeness (QED) is 0.311. The molecule has 0 saturated carbocycles. The molecule has 172 valence electrons. The Morgan fingerprint density at radius 1 is 1.19 bits per heavy atom. The number of hydrogen-bond donors (Lipinski definition) is 2. The van der Waals surface area contributed by atoms with Crippen LogP contribution in [0, 0.1) is 30.9 Å². The number of amides is 2. The molecule has 0 radical (unpaired) electrons. The minimum absolute atomic E-state index is 0.242. The van der Waals surface area contributed by atoms with Crippen LogP contribution < -0.4 is 10.6 Å². The zero-order valence-electron chi connectivity index (χ0n) is 18.2. The number of nitrogens with one attached hydrogen (secondary N) is 2. The van der Waals surface area contributed by atoms with Crippen molar-refractivity contribution in [2.45, 2.75) is 33.2 Å². The van der Waals surface area contributed by atoms with Gasteiger partial charge in [-0.2, -0.15) is 11.8 Å². The molecular weight excluding hydrogens is 438 g/mol. The van der Waals surface area contributed by atoms with E-state index in [0.717, 1.165) is 28.8 Å². The number of anilines is 1. The third-order valence-corrected chi connectivity index (χ3v) is 5.13. The van der Waals surface area contributed by atoms with Crippen molar-refractivity contribution in [3.05, 3.63) is 56.8 Å². The monoisotopic (exact) mass is 463 g/mol. The van der Waals surface area contributed by atoms with E-state index in [9.17, 15) is 24.5 Å². The Balaban J connectivity index is 1.98. The number of nitrogens with zero attached hydrogens (tertiary/aromatic N) is 1. The Morgan fingerprint density at radius 3 is 2.41 bits per heavy atom. The molecule has 10 nitrogen and oxygen atoms in total. The zero-order valence-corrected chi connectivity index (χ0v) is 19.0. The molecule has 0 saturated heterocycles. The number of esters is 1. The fourth-order valence-electron chi connectivity index (χ4n) is 3.05. The number of benzene rings is 1. The summed E-state index contributed by atoms with van der Waals surface area (Å²) in [5.41, 5.74) is 3.50. The molecule has 0 aliphatic carbocycles. The predicted molar refractivity (Wildman–Crippen MR) is 120 cm³/mol. The summed E-state index contributed by atoms with van der Waals surface area (Å²) in [6.07, 6.45) is 2.08. The van der Waals surface area contributed by atoms with Gasteiger partial charge < -0.3 is 19.8 Å². The van der Waals surface area contributed by atoms with Gasteiger partial charge in [-0.1, -0.05) is 17.7 Å². The van der Waals surface area contributed by atoms with Crippen molar-refractivity contribution < 1.29 is 28.5 Å². The lowest BCUT2D eigenvalue weighted by atomic mass is 10.1. The third-order valence-electron chi connectivity index (χ3n) is 4.48. The van der Waals surface area contributed by atoms with E-state index in [1.165, 1.54) is 11.8 Å². The maximum atomic E-state index is 12.5. The van der Waals surface area contributed by atoms with Crippen molar-refractivity contribution in [2.75, 3.05) is 23.9 Å². The summed E-state index contributed by atoms with van der Waals surface area (Å²) in [6, 6.07) is 5.01. The van der Waals surface area contributed by atoms with Gasteiger partial charge in [-0.25, -0.2) is 4.79 Å². The van der Waals surface area contributed by atoms with Gasteiger partial charge in [-0.05, 0) is 56.4 Å². The van der Waals surface area contributed by atoms with Crippen molar-refractivity contribution in [1.29, 1.82) is 0 Å². The van der Waals surface area contributed by atoms with Crippen LogP contribution in [0.5, 0.6) is 0 Å². The summed E-state index contributed by atoms with van der Waals surface area (Å²) >= 11 is 1.46. The summed E-state index contributed by atoms with van der Waals surface area (Å²) in [7, 11) is 0. The van der Waals surface area contributed by atoms with Crippen LogP contribution in [0.3, 0.4) is 0 Å². The molecule has 0 fully saturated rings. The molecule has 32 heavy (non-hydrogen) atoms. The van der Waals surface area contributed by atoms with Crippen LogP contribution >= 0.6 is 11.8 Å². The van der Waals surface area contributed by atoms with Gasteiger partial charge >= 0.3 is 11.9 Å². The van der Waals surface area contributed by atoms with Gasteiger partial charge in [0.1, 0.15) is 11.0 Å². The fraction of sp³-hybridized carbons (Fsp3) is 0.381. The van der Waals surface area contributed by atoms with Crippen LogP contribution in [-0.4, -0.2) is 47.4 Å². The Hall–Kier alpha value is -3.34. The second-order valence-electron chi connectivity index (χ2n) is 7.13. The maximum Gasteiger partial charge on any atom is 0.433 e. The van der Waals surface area contributed by atoms with Gasteiger partial charge in [0.05, 0.1) is 6.07 Å². The number of rotatable bonds is 10. The van der Waals surface area contributed by atoms with E-state index >= 15 is 0 Å². The third kappa shape index (κ3) is 6.84. The first-order chi connectivity index (χ1) is 15.1. The van der Waals surface area contributed by atoms with E-state index < -0.39 is 41.2 Å². The molecule has 1 aromatic carbocycles.